The Balaban J connectivity index is 3.88. The van der Waals surface area contributed by atoms with Crippen LogP contribution in [0.5, 0.6) is 0 Å². The zero-order valence-corrected chi connectivity index (χ0v) is 5.69. The Morgan fingerprint density at radius 2 is 2.09 bits per heavy atom. The Morgan fingerprint density at radius 3 is 2.45 bits per heavy atom. The third-order valence-electron chi connectivity index (χ3n) is 0.784. The first-order chi connectivity index (χ1) is 4.98. The van der Waals surface area contributed by atoms with E-state index in [-0.39, 0.29) is 6.42 Å². The van der Waals surface area contributed by atoms with E-state index in [0.29, 0.717) is 6.42 Å². The summed E-state index contributed by atoms with van der Waals surface area (Å²) in [7, 11) is 0. The first-order valence-electron chi connectivity index (χ1n) is 2.91. The van der Waals surface area contributed by atoms with E-state index in [1.54, 1.807) is 0 Å². The number of halogens is 3. The SMILES string of the molecule is [CH2]CCC=NC(=O)C(F)(F)F. The van der Waals surface area contributed by atoms with E-state index in [0.717, 1.165) is 6.21 Å². The summed E-state index contributed by atoms with van der Waals surface area (Å²) in [6.07, 6.45) is -3.23. The normalized spacial score (nSPS) is 12.4. The average molecular weight is 166 g/mol. The quantitative estimate of drug-likeness (QED) is 0.574. The van der Waals surface area contributed by atoms with Crippen LogP contribution in [0.3, 0.4) is 0 Å². The van der Waals surface area contributed by atoms with Gasteiger partial charge in [0, 0.05) is 6.21 Å². The zero-order chi connectivity index (χ0) is 8.91. The minimum absolute atomic E-state index is 0.280. The number of aliphatic imine (C=N–C) groups is 1. The molecule has 0 aliphatic rings. The maximum absolute atomic E-state index is 11.4. The molecule has 1 radical (unpaired) electrons. The molecular formula is C6H7F3NO. The van der Waals surface area contributed by atoms with Crippen LogP contribution in [-0.2, 0) is 4.79 Å². The van der Waals surface area contributed by atoms with Gasteiger partial charge in [0.25, 0.3) is 0 Å². The molecule has 11 heavy (non-hydrogen) atoms. The molecule has 0 bridgehead atoms. The molecular weight excluding hydrogens is 159 g/mol. The number of carbonyl (C=O) groups is 1. The van der Waals surface area contributed by atoms with Gasteiger partial charge in [0.1, 0.15) is 0 Å². The molecule has 0 aliphatic carbocycles. The fraction of sp³-hybridized carbons (Fsp3) is 0.500. The van der Waals surface area contributed by atoms with Crippen molar-refractivity contribution in [3.63, 3.8) is 0 Å². The lowest BCUT2D eigenvalue weighted by Crippen LogP contribution is -2.20. The summed E-state index contributed by atoms with van der Waals surface area (Å²) in [4.78, 5) is 12.7. The van der Waals surface area contributed by atoms with E-state index < -0.39 is 12.1 Å². The van der Waals surface area contributed by atoms with E-state index in [9.17, 15) is 18.0 Å². The first kappa shape index (κ1) is 10.1. The highest BCUT2D eigenvalue weighted by atomic mass is 19.4. The maximum atomic E-state index is 11.4. The van der Waals surface area contributed by atoms with E-state index >= 15 is 0 Å². The molecule has 0 fully saturated rings. The standard InChI is InChI=1S/C6H7F3NO/c1-2-3-4-10-5(11)6(7,8)9/h4H,1-3H2. The summed E-state index contributed by atoms with van der Waals surface area (Å²) < 4.78 is 34.2. The highest BCUT2D eigenvalue weighted by molar-refractivity contribution is 5.88. The predicted molar refractivity (Wildman–Crippen MR) is 34.1 cm³/mol. The number of amides is 1. The van der Waals surface area contributed by atoms with Crippen molar-refractivity contribution in [2.45, 2.75) is 19.0 Å². The first-order valence-corrected chi connectivity index (χ1v) is 2.91. The Kier molecular flexibility index (Phi) is 3.78. The van der Waals surface area contributed by atoms with E-state index in [1.165, 1.54) is 0 Å². The summed E-state index contributed by atoms with van der Waals surface area (Å²) >= 11 is 0. The summed E-state index contributed by atoms with van der Waals surface area (Å²) in [5, 5.41) is 0. The maximum Gasteiger partial charge on any atom is 0.473 e. The van der Waals surface area contributed by atoms with Gasteiger partial charge in [-0.1, -0.05) is 6.92 Å². The predicted octanol–water partition coefficient (Wildman–Crippen LogP) is 1.76. The summed E-state index contributed by atoms with van der Waals surface area (Å²) in [5.74, 6) is -2.06. The average Bonchev–Trinajstić information content (AvgIpc) is 1.86. The monoisotopic (exact) mass is 166 g/mol. The van der Waals surface area contributed by atoms with Crippen LogP contribution >= 0.6 is 0 Å². The van der Waals surface area contributed by atoms with Crippen LogP contribution in [0.4, 0.5) is 13.2 Å². The second-order valence-corrected chi connectivity index (χ2v) is 1.76. The Hall–Kier alpha value is -0.870. The molecule has 5 heteroatoms. The van der Waals surface area contributed by atoms with Gasteiger partial charge < -0.3 is 0 Å². The van der Waals surface area contributed by atoms with Gasteiger partial charge in [-0.25, -0.2) is 4.99 Å². The number of alkyl halides is 3. The van der Waals surface area contributed by atoms with Gasteiger partial charge in [-0.2, -0.15) is 13.2 Å². The highest BCUT2D eigenvalue weighted by Crippen LogP contribution is 2.15. The number of hydrogen-bond donors (Lipinski definition) is 0. The van der Waals surface area contributed by atoms with Gasteiger partial charge in [0.2, 0.25) is 0 Å². The molecule has 63 valence electrons. The molecule has 0 saturated heterocycles. The van der Waals surface area contributed by atoms with Crippen molar-refractivity contribution < 1.29 is 18.0 Å². The van der Waals surface area contributed by atoms with Gasteiger partial charge in [0.05, 0.1) is 0 Å². The van der Waals surface area contributed by atoms with Crippen LogP contribution in [0.1, 0.15) is 12.8 Å². The summed E-state index contributed by atoms with van der Waals surface area (Å²) in [6, 6.07) is 0. The van der Waals surface area contributed by atoms with Crippen molar-refractivity contribution in [2.75, 3.05) is 0 Å². The molecule has 0 saturated carbocycles. The summed E-state index contributed by atoms with van der Waals surface area (Å²) in [5.41, 5.74) is 0. The lowest BCUT2D eigenvalue weighted by molar-refractivity contribution is -0.169. The molecule has 2 nitrogen and oxygen atoms in total. The highest BCUT2D eigenvalue weighted by Gasteiger charge is 2.37. The molecule has 0 atom stereocenters. The Bertz CT molecular complexity index is 162. The van der Waals surface area contributed by atoms with Gasteiger partial charge in [-0.15, -0.1) is 0 Å². The zero-order valence-electron chi connectivity index (χ0n) is 5.69. The molecule has 0 spiro atoms. The second kappa shape index (κ2) is 4.10. The minimum atomic E-state index is -4.85. The smallest absolute Gasteiger partial charge is 0.262 e. The van der Waals surface area contributed by atoms with Crippen molar-refractivity contribution in [3.8, 4) is 0 Å². The number of carbonyl (C=O) groups excluding carboxylic acids is 1. The molecule has 0 aromatic carbocycles. The van der Waals surface area contributed by atoms with Gasteiger partial charge in [0.15, 0.2) is 0 Å². The third-order valence-corrected chi connectivity index (χ3v) is 0.784. The van der Waals surface area contributed by atoms with Crippen LogP contribution in [0.15, 0.2) is 4.99 Å². The Labute approximate surface area is 62.1 Å². The van der Waals surface area contributed by atoms with E-state index in [1.807, 2.05) is 0 Å². The van der Waals surface area contributed by atoms with E-state index in [4.69, 9.17) is 0 Å². The molecule has 0 N–H and O–H groups in total. The van der Waals surface area contributed by atoms with Crippen LogP contribution < -0.4 is 0 Å². The van der Waals surface area contributed by atoms with Crippen LogP contribution in [0.25, 0.3) is 0 Å². The minimum Gasteiger partial charge on any atom is -0.262 e. The lowest BCUT2D eigenvalue weighted by atomic mass is 10.4. The topological polar surface area (TPSA) is 29.4 Å². The molecule has 0 aromatic rings. The Morgan fingerprint density at radius 1 is 1.55 bits per heavy atom. The summed E-state index contributed by atoms with van der Waals surface area (Å²) in [6.45, 7) is 3.36. The van der Waals surface area contributed by atoms with E-state index in [2.05, 4.69) is 11.9 Å². The molecule has 0 aromatic heterocycles. The fourth-order valence-corrected chi connectivity index (χ4v) is 0.312. The van der Waals surface area contributed by atoms with Crippen molar-refractivity contribution in [1.82, 2.24) is 0 Å². The number of rotatable bonds is 2. The van der Waals surface area contributed by atoms with Crippen molar-refractivity contribution >= 4 is 12.1 Å². The number of hydrogen-bond acceptors (Lipinski definition) is 1. The number of unbranched alkanes of at least 4 members (excludes halogenated alkanes) is 1. The van der Waals surface area contributed by atoms with Crippen molar-refractivity contribution in [2.24, 2.45) is 4.99 Å². The van der Waals surface area contributed by atoms with Crippen molar-refractivity contribution in [1.29, 1.82) is 0 Å². The molecule has 0 unspecified atom stereocenters. The fourth-order valence-electron chi connectivity index (χ4n) is 0.312. The lowest BCUT2D eigenvalue weighted by Gasteiger charge is -1.97. The van der Waals surface area contributed by atoms with Gasteiger partial charge >= 0.3 is 12.1 Å². The van der Waals surface area contributed by atoms with Crippen LogP contribution in [-0.4, -0.2) is 18.3 Å². The van der Waals surface area contributed by atoms with Gasteiger partial charge in [-0.05, 0) is 12.8 Å². The van der Waals surface area contributed by atoms with Crippen molar-refractivity contribution in [3.05, 3.63) is 6.92 Å². The molecule has 0 rings (SSSR count). The third kappa shape index (κ3) is 4.52. The molecule has 0 heterocycles. The molecule has 0 aliphatic heterocycles. The number of nitrogens with zero attached hydrogens (tertiary/aromatic N) is 1. The van der Waals surface area contributed by atoms with Crippen LogP contribution in [0.2, 0.25) is 0 Å². The van der Waals surface area contributed by atoms with Gasteiger partial charge in [-0.3, -0.25) is 4.79 Å². The largest absolute Gasteiger partial charge is 0.473 e. The molecule has 1 amide bonds. The van der Waals surface area contributed by atoms with Crippen LogP contribution in [0, 0.1) is 6.92 Å². The second-order valence-electron chi connectivity index (χ2n) is 1.76.